The third kappa shape index (κ3) is 4.66. The van der Waals surface area contributed by atoms with Crippen LogP contribution in [0.1, 0.15) is 25.3 Å². The van der Waals surface area contributed by atoms with Crippen molar-refractivity contribution in [3.63, 3.8) is 0 Å². The summed E-state index contributed by atoms with van der Waals surface area (Å²) >= 11 is 0. The maximum Gasteiger partial charge on any atom is 0.263 e. The van der Waals surface area contributed by atoms with E-state index < -0.39 is 15.8 Å². The lowest BCUT2D eigenvalue weighted by atomic mass is 10.2. The van der Waals surface area contributed by atoms with Crippen LogP contribution in [0.25, 0.3) is 0 Å². The predicted octanol–water partition coefficient (Wildman–Crippen LogP) is 3.54. The molecule has 7 heteroatoms. The minimum atomic E-state index is -3.79. The normalized spacial score (nSPS) is 11.3. The summed E-state index contributed by atoms with van der Waals surface area (Å²) in [5.74, 6) is -0.224. The molecule has 0 radical (unpaired) electrons. The molecule has 124 valence electrons. The molecule has 0 saturated heterocycles. The smallest absolute Gasteiger partial charge is 0.263 e. The van der Waals surface area contributed by atoms with Gasteiger partial charge >= 0.3 is 0 Å². The second-order valence-electron chi connectivity index (χ2n) is 5.23. The first-order chi connectivity index (χ1) is 10.9. The molecule has 0 bridgehead atoms. The molecule has 0 aliphatic rings. The van der Waals surface area contributed by atoms with Gasteiger partial charge in [0, 0.05) is 6.54 Å². The summed E-state index contributed by atoms with van der Waals surface area (Å²) in [6.45, 7) is 4.47. The van der Waals surface area contributed by atoms with Crippen LogP contribution in [0.5, 0.6) is 0 Å². The van der Waals surface area contributed by atoms with Gasteiger partial charge in [-0.3, -0.25) is 4.72 Å². The van der Waals surface area contributed by atoms with Crippen molar-refractivity contribution in [3.8, 4) is 0 Å². The van der Waals surface area contributed by atoms with Crippen molar-refractivity contribution in [1.29, 1.82) is 0 Å². The summed E-state index contributed by atoms with van der Waals surface area (Å²) in [6.07, 6.45) is 3.72. The zero-order chi connectivity index (χ0) is 16.9. The molecule has 0 aliphatic carbocycles. The summed E-state index contributed by atoms with van der Waals surface area (Å²) in [4.78, 5) is 4.08. The molecular weight excluding hydrogens is 317 g/mol. The molecule has 0 fully saturated rings. The summed E-state index contributed by atoms with van der Waals surface area (Å²) in [5, 5.41) is 3.20. The van der Waals surface area contributed by atoms with E-state index in [-0.39, 0.29) is 16.3 Å². The van der Waals surface area contributed by atoms with Crippen molar-refractivity contribution >= 4 is 21.5 Å². The number of hydrogen-bond acceptors (Lipinski definition) is 4. The quantitative estimate of drug-likeness (QED) is 0.758. The minimum absolute atomic E-state index is 0.00310. The number of halogens is 1. The number of nitrogens with one attached hydrogen (secondary N) is 2. The van der Waals surface area contributed by atoms with Crippen LogP contribution >= 0.6 is 0 Å². The van der Waals surface area contributed by atoms with Gasteiger partial charge in [-0.05, 0) is 49.2 Å². The molecular formula is C16H20FN3O2S. The number of nitrogens with zero attached hydrogens (tertiary/aromatic N) is 1. The van der Waals surface area contributed by atoms with Gasteiger partial charge in [0.25, 0.3) is 10.0 Å². The maximum atomic E-state index is 13.3. The minimum Gasteiger partial charge on any atom is -0.384 e. The van der Waals surface area contributed by atoms with Crippen molar-refractivity contribution in [2.24, 2.45) is 0 Å². The molecule has 0 atom stereocenters. The Kier molecular flexibility index (Phi) is 5.54. The molecule has 0 unspecified atom stereocenters. The molecule has 0 aliphatic heterocycles. The summed E-state index contributed by atoms with van der Waals surface area (Å²) in [6, 6.07) is 7.00. The van der Waals surface area contributed by atoms with E-state index in [4.69, 9.17) is 0 Å². The largest absolute Gasteiger partial charge is 0.384 e. The second kappa shape index (κ2) is 7.41. The molecule has 0 saturated carbocycles. The molecule has 23 heavy (non-hydrogen) atoms. The molecule has 0 amide bonds. The second-order valence-corrected chi connectivity index (χ2v) is 6.91. The lowest BCUT2D eigenvalue weighted by Crippen LogP contribution is -2.14. The highest BCUT2D eigenvalue weighted by molar-refractivity contribution is 7.92. The lowest BCUT2D eigenvalue weighted by Gasteiger charge is -2.09. The fraction of sp³-hybridized carbons (Fsp3) is 0.312. The Hall–Kier alpha value is -2.15. The first kappa shape index (κ1) is 17.2. The molecule has 5 nitrogen and oxygen atoms in total. The van der Waals surface area contributed by atoms with Gasteiger partial charge in [-0.2, -0.15) is 0 Å². The van der Waals surface area contributed by atoms with Gasteiger partial charge in [-0.25, -0.2) is 17.8 Å². The van der Waals surface area contributed by atoms with Gasteiger partial charge in [0.2, 0.25) is 0 Å². The van der Waals surface area contributed by atoms with E-state index in [1.54, 1.807) is 18.3 Å². The molecule has 1 heterocycles. The highest BCUT2D eigenvalue weighted by Crippen LogP contribution is 2.18. The molecule has 1 aromatic carbocycles. The first-order valence-electron chi connectivity index (χ1n) is 7.41. The molecule has 2 N–H and O–H groups in total. The SMILES string of the molecule is CCCCNc1ccc(NS(=O)(=O)c2ccc(F)c(C)c2)nc1. The van der Waals surface area contributed by atoms with Gasteiger partial charge < -0.3 is 5.32 Å². The highest BCUT2D eigenvalue weighted by atomic mass is 32.2. The van der Waals surface area contributed by atoms with Crippen LogP contribution in [0.2, 0.25) is 0 Å². The number of aryl methyl sites for hydroxylation is 1. The van der Waals surface area contributed by atoms with Crippen LogP contribution < -0.4 is 10.0 Å². The van der Waals surface area contributed by atoms with Crippen molar-refractivity contribution in [2.45, 2.75) is 31.6 Å². The summed E-state index contributed by atoms with van der Waals surface area (Å²) in [7, 11) is -3.79. The molecule has 1 aromatic heterocycles. The predicted molar refractivity (Wildman–Crippen MR) is 89.6 cm³/mol. The Balaban J connectivity index is 2.09. The standard InChI is InChI=1S/C16H20FN3O2S/c1-3-4-9-18-13-5-8-16(19-11-13)20-23(21,22)14-6-7-15(17)12(2)10-14/h5-8,10-11,18H,3-4,9H2,1-2H3,(H,19,20). The monoisotopic (exact) mass is 337 g/mol. The van der Waals surface area contributed by atoms with Gasteiger partial charge in [-0.15, -0.1) is 0 Å². The van der Waals surface area contributed by atoms with Crippen molar-refractivity contribution in [2.75, 3.05) is 16.6 Å². The van der Waals surface area contributed by atoms with E-state index in [2.05, 4.69) is 21.9 Å². The van der Waals surface area contributed by atoms with Crippen LogP contribution in [-0.4, -0.2) is 19.9 Å². The molecule has 2 rings (SSSR count). The third-order valence-corrected chi connectivity index (χ3v) is 4.65. The van der Waals surface area contributed by atoms with Crippen molar-refractivity contribution < 1.29 is 12.8 Å². The van der Waals surface area contributed by atoms with E-state index in [1.165, 1.54) is 19.1 Å². The Morgan fingerprint density at radius 1 is 1.22 bits per heavy atom. The summed E-state index contributed by atoms with van der Waals surface area (Å²) < 4.78 is 40.2. The van der Waals surface area contributed by atoms with E-state index >= 15 is 0 Å². The highest BCUT2D eigenvalue weighted by Gasteiger charge is 2.16. The fourth-order valence-electron chi connectivity index (χ4n) is 1.95. The zero-order valence-electron chi connectivity index (χ0n) is 13.1. The topological polar surface area (TPSA) is 71.1 Å². The van der Waals surface area contributed by atoms with Crippen LogP contribution in [0, 0.1) is 12.7 Å². The van der Waals surface area contributed by atoms with Crippen molar-refractivity contribution in [1.82, 2.24) is 4.98 Å². The third-order valence-electron chi connectivity index (χ3n) is 3.30. The number of rotatable bonds is 7. The molecule has 0 spiro atoms. The van der Waals surface area contributed by atoms with Gasteiger partial charge in [0.05, 0.1) is 16.8 Å². The van der Waals surface area contributed by atoms with Crippen molar-refractivity contribution in [3.05, 3.63) is 47.9 Å². The number of pyridine rings is 1. The number of hydrogen-bond donors (Lipinski definition) is 2. The van der Waals surface area contributed by atoms with E-state index in [9.17, 15) is 12.8 Å². The average Bonchev–Trinajstić information content (AvgIpc) is 2.51. The Bertz CT molecular complexity index is 761. The first-order valence-corrected chi connectivity index (χ1v) is 8.89. The zero-order valence-corrected chi connectivity index (χ0v) is 14.0. The Labute approximate surface area is 136 Å². The number of unbranched alkanes of at least 4 members (excludes halogenated alkanes) is 1. The summed E-state index contributed by atoms with van der Waals surface area (Å²) in [5.41, 5.74) is 1.11. The maximum absolute atomic E-state index is 13.3. The van der Waals surface area contributed by atoms with Crippen LogP contribution in [0.15, 0.2) is 41.4 Å². The fourth-order valence-corrected chi connectivity index (χ4v) is 3.04. The number of sulfonamides is 1. The number of aromatic nitrogens is 1. The molecule has 2 aromatic rings. The number of benzene rings is 1. The average molecular weight is 337 g/mol. The van der Waals surface area contributed by atoms with Gasteiger partial charge in [0.1, 0.15) is 11.6 Å². The lowest BCUT2D eigenvalue weighted by molar-refractivity contribution is 0.598. The van der Waals surface area contributed by atoms with Crippen LogP contribution in [-0.2, 0) is 10.0 Å². The van der Waals surface area contributed by atoms with Gasteiger partial charge in [0.15, 0.2) is 0 Å². The van der Waals surface area contributed by atoms with E-state index in [0.717, 1.165) is 31.1 Å². The van der Waals surface area contributed by atoms with E-state index in [1.807, 2.05) is 0 Å². The number of anilines is 2. The Morgan fingerprint density at radius 2 is 2.00 bits per heavy atom. The van der Waals surface area contributed by atoms with E-state index in [0.29, 0.717) is 0 Å². The Morgan fingerprint density at radius 3 is 2.61 bits per heavy atom. The van der Waals surface area contributed by atoms with Gasteiger partial charge in [-0.1, -0.05) is 13.3 Å². The van der Waals surface area contributed by atoms with Crippen LogP contribution in [0.3, 0.4) is 0 Å². The van der Waals surface area contributed by atoms with Crippen LogP contribution in [0.4, 0.5) is 15.9 Å².